The number of carbonyl (C=O) groups is 1. The maximum atomic E-state index is 13.1. The zero-order valence-electron chi connectivity index (χ0n) is 12.6. The predicted molar refractivity (Wildman–Crippen MR) is 90.0 cm³/mol. The molecule has 4 nitrogen and oxygen atoms in total. The maximum absolute atomic E-state index is 13.1. The predicted octanol–water partition coefficient (Wildman–Crippen LogP) is 3.40. The van der Waals surface area contributed by atoms with Crippen molar-refractivity contribution < 1.29 is 13.2 Å². The van der Waals surface area contributed by atoms with Gasteiger partial charge < -0.3 is 4.79 Å². The number of unbranched alkanes of at least 4 members (excludes halogenated alkanes) is 1. The second-order valence-electron chi connectivity index (χ2n) is 5.34. The summed E-state index contributed by atoms with van der Waals surface area (Å²) in [6.45, 7) is 0. The SMILES string of the molecule is O=CCCCc1cc2ccccc2n1S(=O)(=O)c1ccccc1. The Labute approximate surface area is 135 Å². The summed E-state index contributed by atoms with van der Waals surface area (Å²) in [6.07, 6.45) is 2.45. The van der Waals surface area contributed by atoms with Gasteiger partial charge in [0.2, 0.25) is 0 Å². The van der Waals surface area contributed by atoms with Crippen LogP contribution >= 0.6 is 0 Å². The van der Waals surface area contributed by atoms with Crippen molar-refractivity contribution in [3.05, 3.63) is 66.4 Å². The molecule has 5 heteroatoms. The number of aryl methyl sites for hydroxylation is 1. The van der Waals surface area contributed by atoms with Crippen molar-refractivity contribution in [3.8, 4) is 0 Å². The van der Waals surface area contributed by atoms with Gasteiger partial charge in [0.25, 0.3) is 10.0 Å². The van der Waals surface area contributed by atoms with Crippen molar-refractivity contribution in [2.24, 2.45) is 0 Å². The first kappa shape index (κ1) is 15.5. The third-order valence-corrected chi connectivity index (χ3v) is 5.55. The third kappa shape index (κ3) is 2.92. The average molecular weight is 327 g/mol. The minimum Gasteiger partial charge on any atom is -0.303 e. The van der Waals surface area contributed by atoms with Gasteiger partial charge in [-0.05, 0) is 37.1 Å². The topological polar surface area (TPSA) is 56.1 Å². The van der Waals surface area contributed by atoms with Gasteiger partial charge in [0.15, 0.2) is 0 Å². The summed E-state index contributed by atoms with van der Waals surface area (Å²) in [5.41, 5.74) is 1.37. The zero-order chi connectivity index (χ0) is 16.3. The van der Waals surface area contributed by atoms with E-state index in [4.69, 9.17) is 0 Å². The highest BCUT2D eigenvalue weighted by Gasteiger charge is 2.22. The zero-order valence-corrected chi connectivity index (χ0v) is 13.4. The molecule has 3 aromatic rings. The van der Waals surface area contributed by atoms with Gasteiger partial charge >= 0.3 is 0 Å². The smallest absolute Gasteiger partial charge is 0.268 e. The fraction of sp³-hybridized carbons (Fsp3) is 0.167. The first-order valence-corrected chi connectivity index (χ1v) is 8.92. The first-order valence-electron chi connectivity index (χ1n) is 7.48. The molecule has 0 saturated heterocycles. The van der Waals surface area contributed by atoms with Crippen molar-refractivity contribution >= 4 is 27.2 Å². The molecule has 0 unspecified atom stereocenters. The minimum atomic E-state index is -3.66. The van der Waals surface area contributed by atoms with Crippen LogP contribution in [0.1, 0.15) is 18.5 Å². The number of carbonyl (C=O) groups excluding carboxylic acids is 1. The van der Waals surface area contributed by atoms with Gasteiger partial charge in [-0.2, -0.15) is 0 Å². The Kier molecular flexibility index (Phi) is 4.30. The van der Waals surface area contributed by atoms with Crippen molar-refractivity contribution in [1.29, 1.82) is 0 Å². The molecule has 0 spiro atoms. The van der Waals surface area contributed by atoms with Gasteiger partial charge in [0.1, 0.15) is 6.29 Å². The van der Waals surface area contributed by atoms with Crippen LogP contribution < -0.4 is 0 Å². The molecule has 118 valence electrons. The van der Waals surface area contributed by atoms with Crippen molar-refractivity contribution in [2.45, 2.75) is 24.2 Å². The van der Waals surface area contributed by atoms with Crippen LogP contribution in [0.2, 0.25) is 0 Å². The number of nitrogens with zero attached hydrogens (tertiary/aromatic N) is 1. The standard InChI is InChI=1S/C18H17NO3S/c20-13-7-6-9-16-14-15-8-4-5-12-18(15)19(16)23(21,22)17-10-2-1-3-11-17/h1-5,8,10-14H,6-7,9H2. The van der Waals surface area contributed by atoms with Gasteiger partial charge in [-0.15, -0.1) is 0 Å². The molecular formula is C18H17NO3S. The monoisotopic (exact) mass is 327 g/mol. The maximum Gasteiger partial charge on any atom is 0.268 e. The highest BCUT2D eigenvalue weighted by Crippen LogP contribution is 2.26. The van der Waals surface area contributed by atoms with Gasteiger partial charge in [0.05, 0.1) is 10.4 Å². The molecule has 0 bridgehead atoms. The summed E-state index contributed by atoms with van der Waals surface area (Å²) in [5.74, 6) is 0. The number of hydrogen-bond acceptors (Lipinski definition) is 3. The molecule has 0 amide bonds. The molecule has 1 aromatic heterocycles. The number of benzene rings is 2. The van der Waals surface area contributed by atoms with Crippen LogP contribution in [0.5, 0.6) is 0 Å². The van der Waals surface area contributed by atoms with Crippen molar-refractivity contribution in [3.63, 3.8) is 0 Å². The molecular weight excluding hydrogens is 310 g/mol. The van der Waals surface area contributed by atoms with E-state index < -0.39 is 10.0 Å². The quantitative estimate of drug-likeness (QED) is 0.515. The summed E-state index contributed by atoms with van der Waals surface area (Å²) in [7, 11) is -3.66. The molecule has 0 aliphatic carbocycles. The molecule has 0 atom stereocenters. The van der Waals surface area contributed by atoms with Crippen LogP contribution in [0.15, 0.2) is 65.6 Å². The van der Waals surface area contributed by atoms with E-state index in [-0.39, 0.29) is 4.90 Å². The first-order chi connectivity index (χ1) is 11.1. The molecule has 0 radical (unpaired) electrons. The van der Waals surface area contributed by atoms with Crippen LogP contribution in [0, 0.1) is 0 Å². The molecule has 3 rings (SSSR count). The third-order valence-electron chi connectivity index (χ3n) is 3.77. The highest BCUT2D eigenvalue weighted by molar-refractivity contribution is 7.90. The average Bonchev–Trinajstić information content (AvgIpc) is 2.95. The fourth-order valence-electron chi connectivity index (χ4n) is 2.71. The lowest BCUT2D eigenvalue weighted by molar-refractivity contribution is -0.107. The summed E-state index contributed by atoms with van der Waals surface area (Å²) in [5, 5.41) is 0.883. The Bertz CT molecular complexity index is 927. The second kappa shape index (κ2) is 6.38. The van der Waals surface area contributed by atoms with Crippen LogP contribution in [0.3, 0.4) is 0 Å². The number of aromatic nitrogens is 1. The molecule has 23 heavy (non-hydrogen) atoms. The van der Waals surface area contributed by atoms with E-state index >= 15 is 0 Å². The second-order valence-corrected chi connectivity index (χ2v) is 7.12. The Morgan fingerprint density at radius 3 is 2.39 bits per heavy atom. The van der Waals surface area contributed by atoms with Gasteiger partial charge in [-0.25, -0.2) is 12.4 Å². The van der Waals surface area contributed by atoms with E-state index in [9.17, 15) is 13.2 Å². The summed E-state index contributed by atoms with van der Waals surface area (Å²) in [4.78, 5) is 10.8. The Hall–Kier alpha value is -2.40. The molecule has 0 aliphatic rings. The molecule has 0 fully saturated rings. The lowest BCUT2D eigenvalue weighted by Gasteiger charge is -2.11. The van der Waals surface area contributed by atoms with Crippen LogP contribution in [-0.2, 0) is 21.2 Å². The van der Waals surface area contributed by atoms with E-state index in [0.717, 1.165) is 11.7 Å². The fourth-order valence-corrected chi connectivity index (χ4v) is 4.30. The van der Waals surface area contributed by atoms with Crippen molar-refractivity contribution in [2.75, 3.05) is 0 Å². The number of aldehydes is 1. The summed E-state index contributed by atoms with van der Waals surface area (Å²) in [6, 6.07) is 17.7. The Balaban J connectivity index is 2.18. The lowest BCUT2D eigenvalue weighted by atomic mass is 10.2. The highest BCUT2D eigenvalue weighted by atomic mass is 32.2. The van der Waals surface area contributed by atoms with E-state index in [1.807, 2.05) is 24.3 Å². The molecule has 2 aromatic carbocycles. The minimum absolute atomic E-state index is 0.262. The van der Waals surface area contributed by atoms with Crippen LogP contribution in [-0.4, -0.2) is 18.7 Å². The Morgan fingerprint density at radius 1 is 0.957 bits per heavy atom. The summed E-state index contributed by atoms with van der Waals surface area (Å²) < 4.78 is 27.5. The largest absolute Gasteiger partial charge is 0.303 e. The van der Waals surface area contributed by atoms with Crippen LogP contribution in [0.4, 0.5) is 0 Å². The number of hydrogen-bond donors (Lipinski definition) is 0. The lowest BCUT2D eigenvalue weighted by Crippen LogP contribution is -2.15. The van der Waals surface area contributed by atoms with E-state index in [1.54, 1.807) is 36.4 Å². The van der Waals surface area contributed by atoms with Gasteiger partial charge in [-0.3, -0.25) is 0 Å². The van der Waals surface area contributed by atoms with Gasteiger partial charge in [-0.1, -0.05) is 36.4 Å². The summed E-state index contributed by atoms with van der Waals surface area (Å²) >= 11 is 0. The molecule has 1 heterocycles. The van der Waals surface area contributed by atoms with E-state index in [2.05, 4.69) is 0 Å². The van der Waals surface area contributed by atoms with Gasteiger partial charge in [0, 0.05) is 17.5 Å². The van der Waals surface area contributed by atoms with E-state index in [1.165, 1.54) is 3.97 Å². The van der Waals surface area contributed by atoms with Crippen molar-refractivity contribution in [1.82, 2.24) is 3.97 Å². The number of fused-ring (bicyclic) bond motifs is 1. The molecule has 0 saturated carbocycles. The number of rotatable bonds is 6. The molecule has 0 N–H and O–H groups in total. The number of para-hydroxylation sites is 1. The normalized spacial score (nSPS) is 11.7. The molecule has 0 aliphatic heterocycles. The van der Waals surface area contributed by atoms with Crippen LogP contribution in [0.25, 0.3) is 10.9 Å². The van der Waals surface area contributed by atoms with E-state index in [0.29, 0.717) is 30.5 Å². The Morgan fingerprint density at radius 2 is 1.65 bits per heavy atom.